The molecule has 0 N–H and O–H groups in total. The molecule has 0 aliphatic rings. The second-order valence-corrected chi connectivity index (χ2v) is 6.02. The number of hydrogen-bond acceptors (Lipinski definition) is 7. The molecule has 0 aliphatic carbocycles. The molecule has 1 rings (SSSR count). The summed E-state index contributed by atoms with van der Waals surface area (Å²) in [6, 6.07) is 3.37. The van der Waals surface area contributed by atoms with Gasteiger partial charge in [-0.2, -0.15) is 4.31 Å². The minimum absolute atomic E-state index is 0.283. The first-order chi connectivity index (χ1) is 10.3. The van der Waals surface area contributed by atoms with E-state index in [2.05, 4.69) is 4.74 Å². The molecule has 1 aromatic carbocycles. The van der Waals surface area contributed by atoms with Crippen LogP contribution in [-0.4, -0.2) is 49.6 Å². The second-order valence-electron chi connectivity index (χ2n) is 4.17. The molecular weight excluding hydrogens is 316 g/mol. The average molecular weight is 330 g/mol. The molecule has 10 heteroatoms. The average Bonchev–Trinajstić information content (AvgIpc) is 2.50. The van der Waals surface area contributed by atoms with Crippen LogP contribution in [0.3, 0.4) is 0 Å². The summed E-state index contributed by atoms with van der Waals surface area (Å²) in [5, 5.41) is 11.0. The first-order valence-electron chi connectivity index (χ1n) is 6.04. The molecule has 0 saturated heterocycles. The lowest BCUT2D eigenvalue weighted by molar-refractivity contribution is -0.387. The second kappa shape index (κ2) is 7.09. The molecule has 0 aromatic heterocycles. The smallest absolute Gasteiger partial charge is 0.323 e. The van der Waals surface area contributed by atoms with Crippen molar-refractivity contribution in [1.29, 1.82) is 0 Å². The minimum atomic E-state index is -4.43. The number of esters is 1. The molecule has 0 unspecified atom stereocenters. The van der Waals surface area contributed by atoms with Gasteiger partial charge >= 0.3 is 5.97 Å². The molecule has 1 atom stereocenters. The number of nitrogens with zero attached hydrogens (tertiary/aromatic N) is 2. The molecule has 120 valence electrons. The Morgan fingerprint density at radius 1 is 1.45 bits per heavy atom. The van der Waals surface area contributed by atoms with Gasteiger partial charge in [0, 0.05) is 6.07 Å². The standard InChI is InChI=1S/C12H14N2O7S/c1-9(12(16)21-2)13(7-8-15)22(19,20)11-6-4-3-5-10(11)14(17)18/h3-6,8-9H,7H2,1-2H3/t9-/m1/s1. The zero-order valence-electron chi connectivity index (χ0n) is 11.8. The number of carbonyl (C=O) groups is 2. The maximum Gasteiger partial charge on any atom is 0.323 e. The Morgan fingerprint density at radius 2 is 2.05 bits per heavy atom. The van der Waals surface area contributed by atoms with Crippen LogP contribution in [0.1, 0.15) is 6.92 Å². The Morgan fingerprint density at radius 3 is 2.55 bits per heavy atom. The third kappa shape index (κ3) is 3.46. The summed E-state index contributed by atoms with van der Waals surface area (Å²) in [7, 11) is -3.37. The monoisotopic (exact) mass is 330 g/mol. The maximum atomic E-state index is 12.6. The highest BCUT2D eigenvalue weighted by Crippen LogP contribution is 2.27. The van der Waals surface area contributed by atoms with Crippen LogP contribution in [0.5, 0.6) is 0 Å². The summed E-state index contributed by atoms with van der Waals surface area (Å²) < 4.78 is 30.1. The van der Waals surface area contributed by atoms with Gasteiger partial charge in [-0.3, -0.25) is 14.9 Å². The lowest BCUT2D eigenvalue weighted by atomic mass is 10.3. The highest BCUT2D eigenvalue weighted by molar-refractivity contribution is 7.89. The van der Waals surface area contributed by atoms with Crippen LogP contribution in [-0.2, 0) is 24.3 Å². The number of methoxy groups -OCH3 is 1. The summed E-state index contributed by atoms with van der Waals surface area (Å²) in [5.41, 5.74) is -0.643. The molecule has 0 aliphatic heterocycles. The van der Waals surface area contributed by atoms with Gasteiger partial charge in [0.2, 0.25) is 0 Å². The highest BCUT2D eigenvalue weighted by Gasteiger charge is 2.37. The van der Waals surface area contributed by atoms with Gasteiger partial charge in [0.15, 0.2) is 4.90 Å². The van der Waals surface area contributed by atoms with Gasteiger partial charge in [0.25, 0.3) is 15.7 Å². The van der Waals surface area contributed by atoms with E-state index >= 15 is 0 Å². The number of sulfonamides is 1. The van der Waals surface area contributed by atoms with E-state index in [1.54, 1.807) is 0 Å². The highest BCUT2D eigenvalue weighted by atomic mass is 32.2. The van der Waals surface area contributed by atoms with Crippen molar-refractivity contribution in [2.24, 2.45) is 0 Å². The van der Waals surface area contributed by atoms with Crippen molar-refractivity contribution in [3.8, 4) is 0 Å². The fraction of sp³-hybridized carbons (Fsp3) is 0.333. The first-order valence-corrected chi connectivity index (χ1v) is 7.48. The van der Waals surface area contributed by atoms with Gasteiger partial charge in [-0.05, 0) is 13.0 Å². The number of carbonyl (C=O) groups excluding carboxylic acids is 2. The van der Waals surface area contributed by atoms with Crippen LogP contribution in [0.2, 0.25) is 0 Å². The molecule has 9 nitrogen and oxygen atoms in total. The third-order valence-corrected chi connectivity index (χ3v) is 4.86. The van der Waals surface area contributed by atoms with E-state index in [1.807, 2.05) is 0 Å². The number of benzene rings is 1. The number of rotatable bonds is 7. The third-order valence-electron chi connectivity index (χ3n) is 2.88. The maximum absolute atomic E-state index is 12.6. The summed E-state index contributed by atoms with van der Waals surface area (Å²) in [5.74, 6) is -0.885. The van der Waals surface area contributed by atoms with Gasteiger partial charge in [-0.1, -0.05) is 12.1 Å². The van der Waals surface area contributed by atoms with Gasteiger partial charge in [0.05, 0.1) is 18.6 Å². The SMILES string of the molecule is COC(=O)[C@@H](C)N(CC=O)S(=O)(=O)c1ccccc1[N+](=O)[O-]. The summed E-state index contributed by atoms with van der Waals surface area (Å²) in [6.07, 6.45) is 0.283. The van der Waals surface area contributed by atoms with Crippen molar-refractivity contribution in [3.05, 3.63) is 34.4 Å². The molecule has 0 fully saturated rings. The zero-order valence-corrected chi connectivity index (χ0v) is 12.6. The van der Waals surface area contributed by atoms with Gasteiger partial charge < -0.3 is 9.53 Å². The van der Waals surface area contributed by atoms with Crippen molar-refractivity contribution in [2.75, 3.05) is 13.7 Å². The molecular formula is C12H14N2O7S. The van der Waals surface area contributed by atoms with Gasteiger partial charge in [-0.25, -0.2) is 8.42 Å². The fourth-order valence-corrected chi connectivity index (χ4v) is 3.45. The number of para-hydroxylation sites is 1. The Bertz CT molecular complexity index is 686. The quantitative estimate of drug-likeness (QED) is 0.306. The predicted octanol–water partition coefficient (Wildman–Crippen LogP) is 0.346. The Hall–Kier alpha value is -2.33. The topological polar surface area (TPSA) is 124 Å². The minimum Gasteiger partial charge on any atom is -0.468 e. The van der Waals surface area contributed by atoms with Gasteiger partial charge in [-0.15, -0.1) is 0 Å². The van der Waals surface area contributed by atoms with E-state index in [-0.39, 0.29) is 6.29 Å². The van der Waals surface area contributed by atoms with Crippen molar-refractivity contribution >= 4 is 28.0 Å². The summed E-state index contributed by atoms with van der Waals surface area (Å²) >= 11 is 0. The predicted molar refractivity (Wildman–Crippen MR) is 74.5 cm³/mol. The van der Waals surface area contributed by atoms with Crippen LogP contribution < -0.4 is 0 Å². The number of aldehydes is 1. The van der Waals surface area contributed by atoms with E-state index in [4.69, 9.17) is 0 Å². The normalized spacial score (nSPS) is 12.7. The number of hydrogen-bond donors (Lipinski definition) is 0. The molecule has 0 spiro atoms. The van der Waals surface area contributed by atoms with Crippen LogP contribution in [0, 0.1) is 10.1 Å². The van der Waals surface area contributed by atoms with Crippen LogP contribution in [0.25, 0.3) is 0 Å². The molecule has 0 amide bonds. The number of nitro groups is 1. The van der Waals surface area contributed by atoms with E-state index in [1.165, 1.54) is 19.1 Å². The van der Waals surface area contributed by atoms with Crippen molar-refractivity contribution in [1.82, 2.24) is 4.31 Å². The Kier molecular flexibility index (Phi) is 5.71. The van der Waals surface area contributed by atoms with Crippen LogP contribution in [0.15, 0.2) is 29.2 Å². The van der Waals surface area contributed by atoms with E-state index in [0.717, 1.165) is 19.2 Å². The molecule has 0 bridgehead atoms. The largest absolute Gasteiger partial charge is 0.468 e. The molecule has 0 heterocycles. The van der Waals surface area contributed by atoms with Crippen molar-refractivity contribution in [3.63, 3.8) is 0 Å². The van der Waals surface area contributed by atoms with Crippen LogP contribution >= 0.6 is 0 Å². The lowest BCUT2D eigenvalue weighted by Gasteiger charge is -2.24. The number of nitro benzene ring substituents is 1. The van der Waals surface area contributed by atoms with Crippen molar-refractivity contribution < 1.29 is 27.7 Å². The van der Waals surface area contributed by atoms with E-state index in [0.29, 0.717) is 4.31 Å². The van der Waals surface area contributed by atoms with Crippen molar-refractivity contribution in [2.45, 2.75) is 17.9 Å². The van der Waals surface area contributed by atoms with E-state index < -0.39 is 44.1 Å². The summed E-state index contributed by atoms with van der Waals surface area (Å²) in [6.45, 7) is 0.590. The molecule has 1 aromatic rings. The Labute approximate surface area is 126 Å². The van der Waals surface area contributed by atoms with E-state index in [9.17, 15) is 28.1 Å². The van der Waals surface area contributed by atoms with Crippen LogP contribution in [0.4, 0.5) is 5.69 Å². The summed E-state index contributed by atoms with van der Waals surface area (Å²) in [4.78, 5) is 31.8. The molecule has 0 radical (unpaired) electrons. The molecule has 0 saturated carbocycles. The molecule has 22 heavy (non-hydrogen) atoms. The van der Waals surface area contributed by atoms with Gasteiger partial charge in [0.1, 0.15) is 12.3 Å². The number of ether oxygens (including phenoxy) is 1. The zero-order chi connectivity index (χ0) is 16.9. The lowest BCUT2D eigenvalue weighted by Crippen LogP contribution is -2.44. The Balaban J connectivity index is 3.44. The first kappa shape index (κ1) is 17.7. The fourth-order valence-electron chi connectivity index (χ4n) is 1.78.